The molecule has 0 atom stereocenters. The molecule has 5 nitrogen and oxygen atoms in total. The number of para-hydroxylation sites is 1. The molecule has 0 fully saturated rings. The monoisotopic (exact) mass is 301 g/mol. The second-order valence-electron chi connectivity index (χ2n) is 5.05. The van der Waals surface area contributed by atoms with Crippen LogP contribution in [-0.2, 0) is 11.3 Å². The first-order valence-corrected chi connectivity index (χ1v) is 7.10. The van der Waals surface area contributed by atoms with Gasteiger partial charge in [-0.05, 0) is 39.0 Å². The lowest BCUT2D eigenvalue weighted by molar-refractivity contribution is 0.0471. The van der Waals surface area contributed by atoms with E-state index in [-0.39, 0.29) is 23.7 Å². The summed E-state index contributed by atoms with van der Waals surface area (Å²) in [6.45, 7) is 6.24. The van der Waals surface area contributed by atoms with Crippen molar-refractivity contribution in [1.82, 2.24) is 4.57 Å². The zero-order valence-corrected chi connectivity index (χ0v) is 12.9. The minimum Gasteiger partial charge on any atom is -0.507 e. The Hall–Kier alpha value is -2.56. The molecule has 0 aliphatic heterocycles. The number of ketones is 1. The first kappa shape index (κ1) is 15.8. The largest absolute Gasteiger partial charge is 0.507 e. The Bertz CT molecular complexity index is 715. The summed E-state index contributed by atoms with van der Waals surface area (Å²) in [4.78, 5) is 24.1. The first-order chi connectivity index (χ1) is 10.5. The number of phenols is 1. The molecule has 116 valence electrons. The van der Waals surface area contributed by atoms with E-state index in [9.17, 15) is 14.7 Å². The summed E-state index contributed by atoms with van der Waals surface area (Å²) >= 11 is 0. The number of hydrogen-bond donors (Lipinski definition) is 1. The molecule has 0 spiro atoms. The molecule has 2 aromatic rings. The molecular weight excluding hydrogens is 282 g/mol. The maximum Gasteiger partial charge on any atom is 0.342 e. The second-order valence-corrected chi connectivity index (χ2v) is 5.05. The fourth-order valence-electron chi connectivity index (χ4n) is 2.50. The number of aromatic hydroxyl groups is 1. The fraction of sp³-hybridized carbons (Fsp3) is 0.294. The average molecular weight is 301 g/mol. The number of benzene rings is 1. The summed E-state index contributed by atoms with van der Waals surface area (Å²) < 4.78 is 7.03. The molecule has 1 heterocycles. The Morgan fingerprint density at radius 2 is 1.86 bits per heavy atom. The lowest BCUT2D eigenvalue weighted by atomic mass is 10.1. The highest BCUT2D eigenvalue weighted by atomic mass is 16.5. The van der Waals surface area contributed by atoms with Gasteiger partial charge in [0.2, 0.25) is 5.78 Å². The van der Waals surface area contributed by atoms with Crippen LogP contribution in [-0.4, -0.2) is 28.0 Å². The molecule has 0 aliphatic rings. The lowest BCUT2D eigenvalue weighted by Gasteiger charge is -2.07. The van der Waals surface area contributed by atoms with Gasteiger partial charge in [-0.1, -0.05) is 12.1 Å². The van der Waals surface area contributed by atoms with Crippen molar-refractivity contribution >= 4 is 11.8 Å². The number of phenolic OH excluding ortho intramolecular Hbond substituents is 1. The number of Topliss-reactive ketones (excluding diaryl/α,β-unsaturated/α-hetero) is 1. The first-order valence-electron chi connectivity index (χ1n) is 7.10. The van der Waals surface area contributed by atoms with Crippen molar-refractivity contribution in [3.63, 3.8) is 0 Å². The van der Waals surface area contributed by atoms with Crippen LogP contribution in [0.5, 0.6) is 5.75 Å². The van der Waals surface area contributed by atoms with Crippen LogP contribution >= 0.6 is 0 Å². The molecule has 1 N–H and O–H groups in total. The topological polar surface area (TPSA) is 68.5 Å². The molecule has 0 amide bonds. The number of aromatic nitrogens is 1. The van der Waals surface area contributed by atoms with Crippen LogP contribution in [0.1, 0.15) is 39.0 Å². The van der Waals surface area contributed by atoms with Gasteiger partial charge in [-0.25, -0.2) is 4.79 Å². The Morgan fingerprint density at radius 1 is 1.18 bits per heavy atom. The molecule has 22 heavy (non-hydrogen) atoms. The highest BCUT2D eigenvalue weighted by Crippen LogP contribution is 2.18. The molecule has 0 saturated heterocycles. The second kappa shape index (κ2) is 6.47. The van der Waals surface area contributed by atoms with E-state index in [4.69, 9.17) is 4.74 Å². The third kappa shape index (κ3) is 3.03. The molecule has 2 rings (SSSR count). The summed E-state index contributed by atoms with van der Waals surface area (Å²) in [5.41, 5.74) is 2.47. The van der Waals surface area contributed by atoms with Gasteiger partial charge in [-0.3, -0.25) is 4.79 Å². The van der Waals surface area contributed by atoms with Gasteiger partial charge in [0.05, 0.1) is 0 Å². The summed E-state index contributed by atoms with van der Waals surface area (Å²) in [7, 11) is 0. The zero-order valence-electron chi connectivity index (χ0n) is 12.9. The van der Waals surface area contributed by atoms with Crippen LogP contribution in [0.2, 0.25) is 0 Å². The predicted molar refractivity (Wildman–Crippen MR) is 82.3 cm³/mol. The molecule has 1 aromatic carbocycles. The van der Waals surface area contributed by atoms with Gasteiger partial charge < -0.3 is 14.4 Å². The number of carbonyl (C=O) groups is 2. The standard InChI is InChI=1S/C17H19NO4/c1-4-18-11(2)9-14(12(18)3)16(20)10-22-17(21)13-7-5-6-8-15(13)19/h5-9,19H,4,10H2,1-3H3. The van der Waals surface area contributed by atoms with Gasteiger partial charge in [0.1, 0.15) is 11.3 Å². The molecule has 0 bridgehead atoms. The predicted octanol–water partition coefficient (Wildman–Crippen LogP) is 2.87. The SMILES string of the molecule is CCn1c(C)cc(C(=O)COC(=O)c2ccccc2O)c1C. The van der Waals surface area contributed by atoms with Gasteiger partial charge in [-0.15, -0.1) is 0 Å². The highest BCUT2D eigenvalue weighted by molar-refractivity contribution is 6.00. The zero-order chi connectivity index (χ0) is 16.3. The minimum absolute atomic E-state index is 0.0503. The van der Waals surface area contributed by atoms with Crippen molar-refractivity contribution in [2.24, 2.45) is 0 Å². The number of rotatable bonds is 5. The van der Waals surface area contributed by atoms with Crippen LogP contribution in [0, 0.1) is 13.8 Å². The maximum atomic E-state index is 12.2. The molecule has 1 aromatic heterocycles. The van der Waals surface area contributed by atoms with E-state index < -0.39 is 5.97 Å². The quantitative estimate of drug-likeness (QED) is 0.681. The van der Waals surface area contributed by atoms with E-state index in [2.05, 4.69) is 0 Å². The normalized spacial score (nSPS) is 10.5. The number of nitrogens with zero attached hydrogens (tertiary/aromatic N) is 1. The van der Waals surface area contributed by atoms with Crippen LogP contribution in [0.3, 0.4) is 0 Å². The molecule has 0 aliphatic carbocycles. The lowest BCUT2D eigenvalue weighted by Crippen LogP contribution is -2.15. The third-order valence-corrected chi connectivity index (χ3v) is 3.65. The Balaban J connectivity index is 2.08. The Kier molecular flexibility index (Phi) is 4.65. The molecular formula is C17H19NO4. The van der Waals surface area contributed by atoms with Crippen molar-refractivity contribution in [3.05, 3.63) is 52.8 Å². The minimum atomic E-state index is -0.712. The van der Waals surface area contributed by atoms with Crippen molar-refractivity contribution in [3.8, 4) is 5.75 Å². The van der Waals surface area contributed by atoms with Crippen molar-refractivity contribution in [2.75, 3.05) is 6.61 Å². The molecule has 5 heteroatoms. The Labute approximate surface area is 129 Å². The van der Waals surface area contributed by atoms with E-state index in [0.717, 1.165) is 17.9 Å². The van der Waals surface area contributed by atoms with E-state index in [1.165, 1.54) is 12.1 Å². The Morgan fingerprint density at radius 3 is 2.45 bits per heavy atom. The molecule has 0 unspecified atom stereocenters. The molecule has 0 saturated carbocycles. The number of aryl methyl sites for hydroxylation is 1. The molecule has 0 radical (unpaired) electrons. The van der Waals surface area contributed by atoms with Gasteiger partial charge in [0.25, 0.3) is 0 Å². The smallest absolute Gasteiger partial charge is 0.342 e. The fourth-order valence-corrected chi connectivity index (χ4v) is 2.50. The summed E-state index contributed by atoms with van der Waals surface area (Å²) in [6.07, 6.45) is 0. The van der Waals surface area contributed by atoms with E-state index in [1.807, 2.05) is 25.3 Å². The summed E-state index contributed by atoms with van der Waals surface area (Å²) in [6, 6.07) is 7.87. The number of hydrogen-bond acceptors (Lipinski definition) is 4. The van der Waals surface area contributed by atoms with Gasteiger partial charge in [0, 0.05) is 23.5 Å². The summed E-state index contributed by atoms with van der Waals surface area (Å²) in [5.74, 6) is -1.13. The van der Waals surface area contributed by atoms with Crippen molar-refractivity contribution in [1.29, 1.82) is 0 Å². The van der Waals surface area contributed by atoms with Crippen LogP contribution in [0.4, 0.5) is 0 Å². The maximum absolute atomic E-state index is 12.2. The van der Waals surface area contributed by atoms with Gasteiger partial charge in [-0.2, -0.15) is 0 Å². The number of ether oxygens (including phenoxy) is 1. The van der Waals surface area contributed by atoms with Crippen LogP contribution in [0.15, 0.2) is 30.3 Å². The van der Waals surface area contributed by atoms with E-state index >= 15 is 0 Å². The van der Waals surface area contributed by atoms with E-state index in [0.29, 0.717) is 5.56 Å². The van der Waals surface area contributed by atoms with Crippen molar-refractivity contribution < 1.29 is 19.4 Å². The number of carbonyl (C=O) groups excluding carboxylic acids is 2. The highest BCUT2D eigenvalue weighted by Gasteiger charge is 2.18. The van der Waals surface area contributed by atoms with Crippen LogP contribution < -0.4 is 0 Å². The number of esters is 1. The summed E-state index contributed by atoms with van der Waals surface area (Å²) in [5, 5.41) is 9.59. The third-order valence-electron chi connectivity index (χ3n) is 3.65. The van der Waals surface area contributed by atoms with Gasteiger partial charge in [0.15, 0.2) is 6.61 Å². The average Bonchev–Trinajstić information content (AvgIpc) is 2.79. The van der Waals surface area contributed by atoms with Gasteiger partial charge >= 0.3 is 5.97 Å². The van der Waals surface area contributed by atoms with Crippen molar-refractivity contribution in [2.45, 2.75) is 27.3 Å². The van der Waals surface area contributed by atoms with Crippen LogP contribution in [0.25, 0.3) is 0 Å². The van der Waals surface area contributed by atoms with E-state index in [1.54, 1.807) is 18.2 Å².